The average molecular weight is 352 g/mol. The lowest BCUT2D eigenvalue weighted by molar-refractivity contribution is 0.0891. The molecule has 1 amide bonds. The van der Waals surface area contributed by atoms with Gasteiger partial charge in [-0.25, -0.2) is 4.39 Å². The number of rotatable bonds is 4. The summed E-state index contributed by atoms with van der Waals surface area (Å²) in [6.07, 6.45) is 1.89. The van der Waals surface area contributed by atoms with Crippen LogP contribution in [0, 0.1) is 12.7 Å². The third kappa shape index (κ3) is 4.13. The van der Waals surface area contributed by atoms with Crippen LogP contribution in [-0.2, 0) is 6.54 Å². The molecule has 1 aliphatic rings. The number of nitrogens with one attached hydrogen (secondary N) is 1. The van der Waals surface area contributed by atoms with Crippen LogP contribution in [0.3, 0.4) is 0 Å². The fourth-order valence-corrected chi connectivity index (χ4v) is 3.17. The monoisotopic (exact) mass is 351 g/mol. The largest absolute Gasteiger partial charge is 0.361 e. The Morgan fingerprint density at radius 1 is 1.50 bits per heavy atom. The lowest BCUT2D eigenvalue weighted by Crippen LogP contribution is -2.47. The first-order valence-corrected chi connectivity index (χ1v) is 8.29. The molecule has 1 aromatic carbocycles. The Balaban J connectivity index is 1.59. The summed E-state index contributed by atoms with van der Waals surface area (Å²) >= 11 is 6.10. The number of aromatic nitrogens is 1. The molecule has 0 saturated carbocycles. The highest BCUT2D eigenvalue weighted by Crippen LogP contribution is 2.21. The van der Waals surface area contributed by atoms with Gasteiger partial charge in [-0.1, -0.05) is 22.8 Å². The number of aryl methyl sites for hydroxylation is 1. The number of carbonyl (C=O) groups is 1. The van der Waals surface area contributed by atoms with Crippen molar-refractivity contribution in [3.63, 3.8) is 0 Å². The van der Waals surface area contributed by atoms with Gasteiger partial charge in [-0.05, 0) is 44.0 Å². The third-order valence-electron chi connectivity index (χ3n) is 4.11. The molecule has 24 heavy (non-hydrogen) atoms. The molecule has 2 heterocycles. The number of hydrogen-bond acceptors (Lipinski definition) is 4. The molecule has 1 saturated heterocycles. The maximum Gasteiger partial charge on any atom is 0.273 e. The van der Waals surface area contributed by atoms with Gasteiger partial charge in [-0.15, -0.1) is 0 Å². The second-order valence-corrected chi connectivity index (χ2v) is 6.51. The molecule has 1 fully saturated rings. The maximum atomic E-state index is 13.1. The van der Waals surface area contributed by atoms with E-state index in [1.165, 1.54) is 12.1 Å². The Bertz CT molecular complexity index is 734. The average Bonchev–Trinajstić information content (AvgIpc) is 2.97. The van der Waals surface area contributed by atoms with Gasteiger partial charge in [0.2, 0.25) is 0 Å². The summed E-state index contributed by atoms with van der Waals surface area (Å²) in [5.41, 5.74) is 1.18. The van der Waals surface area contributed by atoms with Crippen LogP contribution in [0.2, 0.25) is 5.02 Å². The topological polar surface area (TPSA) is 58.4 Å². The standard InChI is InChI=1S/C17H19ClFN3O2/c1-11-7-16(21-24-11)17(23)20-14-3-2-6-22(10-14)9-12-4-5-13(19)8-15(12)18/h4-5,7-8,14H,2-3,6,9-10H2,1H3,(H,20,23). The zero-order valence-corrected chi connectivity index (χ0v) is 14.1. The fraction of sp³-hybridized carbons (Fsp3) is 0.412. The van der Waals surface area contributed by atoms with Crippen molar-refractivity contribution in [3.05, 3.63) is 52.1 Å². The van der Waals surface area contributed by atoms with Crippen LogP contribution < -0.4 is 5.32 Å². The second-order valence-electron chi connectivity index (χ2n) is 6.11. The molecular weight excluding hydrogens is 333 g/mol. The molecule has 1 aromatic heterocycles. The normalized spacial score (nSPS) is 18.5. The van der Waals surface area contributed by atoms with Crippen LogP contribution in [0.1, 0.15) is 34.7 Å². The molecule has 0 bridgehead atoms. The Hall–Kier alpha value is -1.92. The molecular formula is C17H19ClFN3O2. The number of nitrogens with zero attached hydrogens (tertiary/aromatic N) is 2. The van der Waals surface area contributed by atoms with Crippen molar-refractivity contribution in [1.29, 1.82) is 0 Å². The van der Waals surface area contributed by atoms with E-state index in [1.807, 2.05) is 0 Å². The maximum absolute atomic E-state index is 13.1. The van der Waals surface area contributed by atoms with E-state index in [0.717, 1.165) is 31.5 Å². The van der Waals surface area contributed by atoms with E-state index in [2.05, 4.69) is 15.4 Å². The summed E-state index contributed by atoms with van der Waals surface area (Å²) in [4.78, 5) is 14.4. The minimum absolute atomic E-state index is 0.0440. The second kappa shape index (κ2) is 7.32. The number of carbonyl (C=O) groups excluding carboxylic acids is 1. The summed E-state index contributed by atoms with van der Waals surface area (Å²) in [5, 5.41) is 7.16. The van der Waals surface area contributed by atoms with Crippen LogP contribution in [-0.4, -0.2) is 35.1 Å². The number of piperidine rings is 1. The van der Waals surface area contributed by atoms with Gasteiger partial charge in [0.1, 0.15) is 11.6 Å². The Kier molecular flexibility index (Phi) is 5.16. The van der Waals surface area contributed by atoms with Crippen LogP contribution in [0.25, 0.3) is 0 Å². The van der Waals surface area contributed by atoms with Gasteiger partial charge in [0.05, 0.1) is 0 Å². The lowest BCUT2D eigenvalue weighted by Gasteiger charge is -2.33. The highest BCUT2D eigenvalue weighted by Gasteiger charge is 2.23. The number of likely N-dealkylation sites (tertiary alicyclic amines) is 1. The Morgan fingerprint density at radius 2 is 2.33 bits per heavy atom. The minimum atomic E-state index is -0.338. The van der Waals surface area contributed by atoms with Crippen LogP contribution in [0.4, 0.5) is 4.39 Å². The van der Waals surface area contributed by atoms with Crippen molar-refractivity contribution in [2.45, 2.75) is 32.4 Å². The smallest absolute Gasteiger partial charge is 0.273 e. The summed E-state index contributed by atoms with van der Waals surface area (Å²) < 4.78 is 18.1. The first kappa shape index (κ1) is 16.9. The van der Waals surface area contributed by atoms with Gasteiger partial charge in [-0.2, -0.15) is 0 Å². The SMILES string of the molecule is Cc1cc(C(=O)NC2CCCN(Cc3ccc(F)cc3Cl)C2)no1. The van der Waals surface area contributed by atoms with E-state index in [4.69, 9.17) is 16.1 Å². The van der Waals surface area contributed by atoms with Crippen LogP contribution in [0.5, 0.6) is 0 Å². The molecule has 1 unspecified atom stereocenters. The van der Waals surface area contributed by atoms with E-state index < -0.39 is 0 Å². The van der Waals surface area contributed by atoms with E-state index in [-0.39, 0.29) is 17.8 Å². The zero-order valence-electron chi connectivity index (χ0n) is 13.4. The van der Waals surface area contributed by atoms with Crippen LogP contribution >= 0.6 is 11.6 Å². The summed E-state index contributed by atoms with van der Waals surface area (Å²) in [6, 6.07) is 6.11. The molecule has 3 rings (SSSR count). The zero-order chi connectivity index (χ0) is 17.1. The summed E-state index contributed by atoms with van der Waals surface area (Å²) in [6.45, 7) is 4.02. The molecule has 0 radical (unpaired) electrons. The summed E-state index contributed by atoms with van der Waals surface area (Å²) in [5.74, 6) is 0.0466. The number of halogens is 2. The number of benzene rings is 1. The van der Waals surface area contributed by atoms with Gasteiger partial charge in [0.25, 0.3) is 5.91 Å². The summed E-state index contributed by atoms with van der Waals surface area (Å²) in [7, 11) is 0. The lowest BCUT2D eigenvalue weighted by atomic mass is 10.0. The van der Waals surface area contributed by atoms with E-state index in [0.29, 0.717) is 23.0 Å². The fourth-order valence-electron chi connectivity index (χ4n) is 2.94. The molecule has 128 valence electrons. The van der Waals surface area contributed by atoms with Gasteiger partial charge < -0.3 is 9.84 Å². The minimum Gasteiger partial charge on any atom is -0.361 e. The van der Waals surface area contributed by atoms with Crippen molar-refractivity contribution in [3.8, 4) is 0 Å². The van der Waals surface area contributed by atoms with E-state index in [9.17, 15) is 9.18 Å². The highest BCUT2D eigenvalue weighted by molar-refractivity contribution is 6.31. The predicted octanol–water partition coefficient (Wildman–Crippen LogP) is 3.17. The van der Waals surface area contributed by atoms with Crippen molar-refractivity contribution < 1.29 is 13.7 Å². The molecule has 1 aliphatic heterocycles. The highest BCUT2D eigenvalue weighted by atomic mass is 35.5. The predicted molar refractivity (Wildman–Crippen MR) is 88.4 cm³/mol. The molecule has 0 aliphatic carbocycles. The Labute approximate surface area is 144 Å². The molecule has 1 N–H and O–H groups in total. The molecule has 5 nitrogen and oxygen atoms in total. The van der Waals surface area contributed by atoms with Gasteiger partial charge in [0.15, 0.2) is 5.69 Å². The molecule has 0 spiro atoms. The van der Waals surface area contributed by atoms with Gasteiger partial charge >= 0.3 is 0 Å². The number of amides is 1. The van der Waals surface area contributed by atoms with Gasteiger partial charge in [0, 0.05) is 30.2 Å². The van der Waals surface area contributed by atoms with E-state index >= 15 is 0 Å². The Morgan fingerprint density at radius 3 is 3.04 bits per heavy atom. The molecule has 1 atom stereocenters. The third-order valence-corrected chi connectivity index (χ3v) is 4.46. The first-order chi connectivity index (χ1) is 11.5. The first-order valence-electron chi connectivity index (χ1n) is 7.92. The van der Waals surface area contributed by atoms with Gasteiger partial charge in [-0.3, -0.25) is 9.69 Å². The quantitative estimate of drug-likeness (QED) is 0.919. The molecule has 7 heteroatoms. The van der Waals surface area contributed by atoms with E-state index in [1.54, 1.807) is 19.1 Å². The van der Waals surface area contributed by atoms with Crippen molar-refractivity contribution in [2.75, 3.05) is 13.1 Å². The van der Waals surface area contributed by atoms with Crippen molar-refractivity contribution in [1.82, 2.24) is 15.4 Å². The van der Waals surface area contributed by atoms with Crippen molar-refractivity contribution >= 4 is 17.5 Å². The number of hydrogen-bond donors (Lipinski definition) is 1. The van der Waals surface area contributed by atoms with Crippen molar-refractivity contribution in [2.24, 2.45) is 0 Å². The molecule has 2 aromatic rings. The van der Waals surface area contributed by atoms with Crippen LogP contribution in [0.15, 0.2) is 28.8 Å².